The Morgan fingerprint density at radius 2 is 1.86 bits per heavy atom. The fraction of sp³-hybridized carbons (Fsp3) is 0.308. The van der Waals surface area contributed by atoms with Gasteiger partial charge in [0.25, 0.3) is 5.56 Å². The summed E-state index contributed by atoms with van der Waals surface area (Å²) in [5.41, 5.74) is 4.04. The number of thiophene rings is 1. The highest BCUT2D eigenvalue weighted by atomic mass is 32.1. The number of carbonyl (C=O) groups is 1. The molecule has 0 fully saturated rings. The molecule has 4 aromatic rings. The normalized spacial score (nSPS) is 13.6. The Hall–Kier alpha value is -3.76. The van der Waals surface area contributed by atoms with Crippen LogP contribution in [0.2, 0.25) is 0 Å². The number of hydrogen-bond acceptors (Lipinski definition) is 9. The van der Waals surface area contributed by atoms with E-state index in [1.54, 1.807) is 45.3 Å². The van der Waals surface area contributed by atoms with E-state index in [0.29, 0.717) is 29.1 Å². The molecule has 0 saturated heterocycles. The van der Waals surface area contributed by atoms with Crippen LogP contribution in [0.1, 0.15) is 37.5 Å². The maximum atomic E-state index is 12.9. The molecule has 0 unspecified atom stereocenters. The average molecular weight is 507 g/mol. The number of hydrogen-bond donors (Lipinski definition) is 0. The van der Waals surface area contributed by atoms with Gasteiger partial charge in [-0.1, -0.05) is 18.2 Å². The van der Waals surface area contributed by atoms with E-state index in [1.165, 1.54) is 16.0 Å². The first-order chi connectivity index (χ1) is 17.2. The van der Waals surface area contributed by atoms with E-state index in [-0.39, 0.29) is 12.2 Å². The highest BCUT2D eigenvalue weighted by Crippen LogP contribution is 2.36. The minimum atomic E-state index is -0.717. The summed E-state index contributed by atoms with van der Waals surface area (Å²) in [5, 5.41) is 8.48. The molecule has 186 valence electrons. The number of nitrogens with zero attached hydrogens (tertiary/aromatic N) is 4. The molecule has 4 heterocycles. The SMILES string of the molecule is Cn1nc(OCc2ccc3c(c2)CN(OC(=O)OC(C)(C)C)C3)c2scc(-c3ccncc3)c2c1=O. The zero-order chi connectivity index (χ0) is 25.4. The lowest BCUT2D eigenvalue weighted by atomic mass is 10.1. The molecule has 0 saturated carbocycles. The number of pyridine rings is 1. The van der Waals surface area contributed by atoms with Crippen LogP contribution < -0.4 is 10.3 Å². The number of ether oxygens (including phenoxy) is 2. The van der Waals surface area contributed by atoms with Crippen molar-refractivity contribution in [1.82, 2.24) is 19.8 Å². The van der Waals surface area contributed by atoms with Gasteiger partial charge in [0.05, 0.1) is 18.5 Å². The molecule has 0 bridgehead atoms. The van der Waals surface area contributed by atoms with E-state index < -0.39 is 11.8 Å². The minimum absolute atomic E-state index is 0.173. The van der Waals surface area contributed by atoms with Crippen molar-refractivity contribution in [2.75, 3.05) is 0 Å². The molecule has 5 rings (SSSR count). The van der Waals surface area contributed by atoms with Gasteiger partial charge < -0.3 is 14.3 Å². The van der Waals surface area contributed by atoms with Gasteiger partial charge in [0, 0.05) is 30.4 Å². The number of fused-ring (bicyclic) bond motifs is 2. The van der Waals surface area contributed by atoms with E-state index in [1.807, 2.05) is 35.7 Å². The molecule has 9 nitrogen and oxygen atoms in total. The molecule has 10 heteroatoms. The van der Waals surface area contributed by atoms with Gasteiger partial charge in [-0.25, -0.2) is 9.48 Å². The van der Waals surface area contributed by atoms with Crippen molar-refractivity contribution >= 4 is 27.6 Å². The number of rotatable bonds is 5. The molecule has 1 aliphatic rings. The Morgan fingerprint density at radius 1 is 1.11 bits per heavy atom. The van der Waals surface area contributed by atoms with Crippen LogP contribution in [0.4, 0.5) is 4.79 Å². The molecule has 0 atom stereocenters. The first-order valence-corrected chi connectivity index (χ1v) is 12.3. The molecule has 1 aliphatic heterocycles. The van der Waals surface area contributed by atoms with E-state index in [2.05, 4.69) is 10.1 Å². The van der Waals surface area contributed by atoms with Crippen LogP contribution in [0.5, 0.6) is 5.88 Å². The molecule has 0 aliphatic carbocycles. The van der Waals surface area contributed by atoms with Gasteiger partial charge in [0.15, 0.2) is 0 Å². The Balaban J connectivity index is 1.32. The summed E-state index contributed by atoms with van der Waals surface area (Å²) in [6.07, 6.45) is 2.69. The highest BCUT2D eigenvalue weighted by Gasteiger charge is 2.26. The molecular formula is C26H26N4O5S. The summed E-state index contributed by atoms with van der Waals surface area (Å²) in [6.45, 7) is 6.62. The Morgan fingerprint density at radius 3 is 2.61 bits per heavy atom. The van der Waals surface area contributed by atoms with Crippen molar-refractivity contribution in [3.63, 3.8) is 0 Å². The van der Waals surface area contributed by atoms with Gasteiger partial charge in [-0.3, -0.25) is 9.78 Å². The molecule has 0 spiro atoms. The maximum Gasteiger partial charge on any atom is 0.528 e. The van der Waals surface area contributed by atoms with E-state index >= 15 is 0 Å². The minimum Gasteiger partial charge on any atom is -0.471 e. The molecule has 36 heavy (non-hydrogen) atoms. The third kappa shape index (κ3) is 4.95. The lowest BCUT2D eigenvalue weighted by Gasteiger charge is -2.21. The van der Waals surface area contributed by atoms with Crippen LogP contribution in [0.25, 0.3) is 21.2 Å². The number of carbonyl (C=O) groups excluding carboxylic acids is 1. The van der Waals surface area contributed by atoms with E-state index in [0.717, 1.165) is 27.8 Å². The van der Waals surface area contributed by atoms with Crippen molar-refractivity contribution in [2.45, 2.75) is 46.1 Å². The molecule has 0 N–H and O–H groups in total. The fourth-order valence-electron chi connectivity index (χ4n) is 4.05. The molecular weight excluding hydrogens is 480 g/mol. The van der Waals surface area contributed by atoms with Crippen LogP contribution in [0, 0.1) is 0 Å². The van der Waals surface area contributed by atoms with Crippen LogP contribution in [-0.4, -0.2) is 31.6 Å². The van der Waals surface area contributed by atoms with Crippen molar-refractivity contribution in [3.05, 3.63) is 75.1 Å². The van der Waals surface area contributed by atoms with Crippen molar-refractivity contribution in [1.29, 1.82) is 0 Å². The maximum absolute atomic E-state index is 12.9. The van der Waals surface area contributed by atoms with Crippen molar-refractivity contribution < 1.29 is 19.1 Å². The second-order valence-electron chi connectivity index (χ2n) is 9.57. The zero-order valence-corrected chi connectivity index (χ0v) is 21.3. The Labute approximate surface area is 211 Å². The quantitative estimate of drug-likeness (QED) is 0.356. The largest absolute Gasteiger partial charge is 0.528 e. The second kappa shape index (κ2) is 9.36. The van der Waals surface area contributed by atoms with Gasteiger partial charge in [-0.2, -0.15) is 0 Å². The highest BCUT2D eigenvalue weighted by molar-refractivity contribution is 7.18. The summed E-state index contributed by atoms with van der Waals surface area (Å²) < 4.78 is 13.4. The first-order valence-electron chi connectivity index (χ1n) is 11.5. The van der Waals surface area contributed by atoms with E-state index in [9.17, 15) is 9.59 Å². The third-order valence-corrected chi connectivity index (χ3v) is 6.63. The Kier molecular flexibility index (Phi) is 6.23. The first kappa shape index (κ1) is 24.0. The summed E-state index contributed by atoms with van der Waals surface area (Å²) in [6, 6.07) is 9.77. The van der Waals surface area contributed by atoms with E-state index in [4.69, 9.17) is 14.3 Å². The van der Waals surface area contributed by atoms with Crippen LogP contribution in [0.15, 0.2) is 52.9 Å². The van der Waals surface area contributed by atoms with Crippen LogP contribution >= 0.6 is 11.3 Å². The summed E-state index contributed by atoms with van der Waals surface area (Å²) in [7, 11) is 1.62. The second-order valence-corrected chi connectivity index (χ2v) is 10.4. The van der Waals surface area contributed by atoms with Gasteiger partial charge in [-0.15, -0.1) is 21.5 Å². The standard InChI is InChI=1S/C26H26N4O5S/c1-26(2,3)34-25(32)35-30-12-18-6-5-16(11-19(18)13-30)14-33-23-22-21(24(31)29(4)28-23)20(15-36-22)17-7-9-27-10-8-17/h5-11,15H,12-14H2,1-4H3. The predicted octanol–water partition coefficient (Wildman–Crippen LogP) is 4.82. The Bertz CT molecular complexity index is 1490. The fourth-order valence-corrected chi connectivity index (χ4v) is 5.06. The van der Waals surface area contributed by atoms with Crippen molar-refractivity contribution in [3.8, 4) is 17.0 Å². The monoisotopic (exact) mass is 506 g/mol. The molecule has 0 radical (unpaired) electrons. The molecule has 0 amide bonds. The lowest BCUT2D eigenvalue weighted by Crippen LogP contribution is -2.29. The summed E-state index contributed by atoms with van der Waals surface area (Å²) in [4.78, 5) is 34.3. The van der Waals surface area contributed by atoms with Crippen molar-refractivity contribution in [2.24, 2.45) is 7.05 Å². The van der Waals surface area contributed by atoms with Crippen LogP contribution in [-0.2, 0) is 36.3 Å². The number of benzene rings is 1. The topological polar surface area (TPSA) is 95.8 Å². The van der Waals surface area contributed by atoms with Crippen LogP contribution in [0.3, 0.4) is 0 Å². The summed E-state index contributed by atoms with van der Waals surface area (Å²) >= 11 is 1.43. The smallest absolute Gasteiger partial charge is 0.471 e. The number of hydroxylamine groups is 2. The van der Waals surface area contributed by atoms with Gasteiger partial charge >= 0.3 is 6.16 Å². The number of aryl methyl sites for hydroxylation is 1. The molecule has 1 aromatic carbocycles. The predicted molar refractivity (Wildman–Crippen MR) is 135 cm³/mol. The average Bonchev–Trinajstić information content (AvgIpc) is 3.43. The zero-order valence-electron chi connectivity index (χ0n) is 20.5. The lowest BCUT2D eigenvalue weighted by molar-refractivity contribution is -0.147. The van der Waals surface area contributed by atoms with Gasteiger partial charge in [0.2, 0.25) is 5.88 Å². The summed E-state index contributed by atoms with van der Waals surface area (Å²) in [5.74, 6) is 0.410. The third-order valence-electron chi connectivity index (χ3n) is 5.66. The van der Waals surface area contributed by atoms with Gasteiger partial charge in [0.1, 0.15) is 16.9 Å². The molecule has 3 aromatic heterocycles. The number of aromatic nitrogens is 3. The van der Waals surface area contributed by atoms with Gasteiger partial charge in [-0.05, 0) is 55.2 Å².